The van der Waals surface area contributed by atoms with E-state index in [9.17, 15) is 10.5 Å². The lowest BCUT2D eigenvalue weighted by Gasteiger charge is -2.22. The first-order valence-corrected chi connectivity index (χ1v) is 14.6. The van der Waals surface area contributed by atoms with Crippen LogP contribution in [0.2, 0.25) is 0 Å². The van der Waals surface area contributed by atoms with Crippen molar-refractivity contribution in [2.75, 3.05) is 0 Å². The highest BCUT2D eigenvalue weighted by atomic mass is 14.3. The molecular weight excluding hydrogens is 532 g/mol. The summed E-state index contributed by atoms with van der Waals surface area (Å²) in [7, 11) is 0. The zero-order valence-electron chi connectivity index (χ0n) is 23.8. The van der Waals surface area contributed by atoms with Crippen molar-refractivity contribution < 1.29 is 0 Å². The topological polar surface area (TPSA) is 47.6 Å². The molecule has 0 aliphatic carbocycles. The molecule has 0 saturated heterocycles. The number of benzene rings is 8. The predicted molar refractivity (Wildman–Crippen MR) is 182 cm³/mol. The van der Waals surface area contributed by atoms with Gasteiger partial charge in [-0.1, -0.05) is 121 Å². The molecule has 202 valence electrons. The normalized spacial score (nSPS) is 11.1. The summed E-state index contributed by atoms with van der Waals surface area (Å²) < 4.78 is 0. The van der Waals surface area contributed by atoms with Gasteiger partial charge in [0.05, 0.1) is 23.3 Å². The average molecular weight is 557 g/mol. The molecule has 0 radical (unpaired) electrons. The molecule has 0 atom stereocenters. The number of nitrogens with zero attached hydrogens (tertiary/aromatic N) is 2. The Morgan fingerprint density at radius 1 is 0.273 bits per heavy atom. The van der Waals surface area contributed by atoms with Crippen LogP contribution in [-0.2, 0) is 0 Å². The van der Waals surface area contributed by atoms with E-state index in [-0.39, 0.29) is 0 Å². The largest absolute Gasteiger partial charge is 0.192 e. The molecule has 0 unspecified atom stereocenters. The number of hydrogen-bond acceptors (Lipinski definition) is 2. The van der Waals surface area contributed by atoms with E-state index >= 15 is 0 Å². The van der Waals surface area contributed by atoms with Crippen LogP contribution >= 0.6 is 0 Å². The molecule has 2 nitrogen and oxygen atoms in total. The van der Waals surface area contributed by atoms with Crippen molar-refractivity contribution in [3.8, 4) is 45.5 Å². The van der Waals surface area contributed by atoms with E-state index < -0.39 is 0 Å². The molecular formula is C42H24N2. The quantitative estimate of drug-likeness (QED) is 0.203. The van der Waals surface area contributed by atoms with Crippen molar-refractivity contribution in [1.29, 1.82) is 10.5 Å². The van der Waals surface area contributed by atoms with Crippen LogP contribution in [-0.4, -0.2) is 0 Å². The van der Waals surface area contributed by atoms with Crippen LogP contribution in [0.4, 0.5) is 0 Å². The Morgan fingerprint density at radius 3 is 0.727 bits per heavy atom. The van der Waals surface area contributed by atoms with Gasteiger partial charge < -0.3 is 0 Å². The average Bonchev–Trinajstić information content (AvgIpc) is 3.10. The van der Waals surface area contributed by atoms with E-state index in [2.05, 4.69) is 133 Å². The van der Waals surface area contributed by atoms with E-state index in [0.717, 1.165) is 11.1 Å². The van der Waals surface area contributed by atoms with E-state index in [1.807, 2.05) is 24.3 Å². The van der Waals surface area contributed by atoms with E-state index in [4.69, 9.17) is 0 Å². The van der Waals surface area contributed by atoms with Gasteiger partial charge in [0.15, 0.2) is 0 Å². The van der Waals surface area contributed by atoms with Crippen molar-refractivity contribution in [3.63, 3.8) is 0 Å². The summed E-state index contributed by atoms with van der Waals surface area (Å²) in [4.78, 5) is 0. The van der Waals surface area contributed by atoms with Crippen molar-refractivity contribution in [2.24, 2.45) is 0 Å². The minimum atomic E-state index is 0.652. The predicted octanol–water partition coefficient (Wildman–Crippen LogP) is 11.0. The molecule has 8 aromatic rings. The number of hydrogen-bond donors (Lipinski definition) is 0. The molecule has 2 heteroatoms. The standard InChI is InChI=1S/C42H24N2/c43-25-27-17-21-29(22-18-27)39-31-9-1-5-13-35(31)41(36-14-6-2-10-32(36)39)42-37-15-7-3-11-33(37)40(34-12-4-8-16-38(34)42)30-23-19-28(26-44)20-24-30/h1-24H. The first-order valence-electron chi connectivity index (χ1n) is 14.6. The SMILES string of the molecule is N#Cc1ccc(-c2c3ccccc3c(-c3c4ccccc4c(-c4ccc(C#N)cc4)c4ccccc34)c3ccccc23)cc1. The molecule has 44 heavy (non-hydrogen) atoms. The second kappa shape index (κ2) is 10.2. The Kier molecular flexibility index (Phi) is 5.94. The maximum absolute atomic E-state index is 9.43. The molecule has 0 bridgehead atoms. The first kappa shape index (κ1) is 25.5. The lowest BCUT2D eigenvalue weighted by atomic mass is 9.81. The fraction of sp³-hybridized carbons (Fsp3) is 0. The third kappa shape index (κ3) is 3.87. The summed E-state index contributed by atoms with van der Waals surface area (Å²) in [5.74, 6) is 0. The summed E-state index contributed by atoms with van der Waals surface area (Å²) in [5, 5.41) is 28.3. The molecule has 0 saturated carbocycles. The minimum Gasteiger partial charge on any atom is -0.192 e. The van der Waals surface area contributed by atoms with Gasteiger partial charge in [0.2, 0.25) is 0 Å². The third-order valence-corrected chi connectivity index (χ3v) is 8.72. The van der Waals surface area contributed by atoms with Crippen LogP contribution in [0.3, 0.4) is 0 Å². The lowest BCUT2D eigenvalue weighted by Crippen LogP contribution is -1.94. The van der Waals surface area contributed by atoms with Crippen molar-refractivity contribution in [3.05, 3.63) is 157 Å². The second-order valence-corrected chi connectivity index (χ2v) is 11.1. The van der Waals surface area contributed by atoms with Crippen LogP contribution in [0.1, 0.15) is 11.1 Å². The van der Waals surface area contributed by atoms with E-state index in [0.29, 0.717) is 11.1 Å². The molecule has 8 rings (SSSR count). The number of fused-ring (bicyclic) bond motifs is 4. The monoisotopic (exact) mass is 556 g/mol. The Balaban J connectivity index is 1.55. The van der Waals surface area contributed by atoms with Crippen molar-refractivity contribution >= 4 is 43.1 Å². The van der Waals surface area contributed by atoms with Crippen molar-refractivity contribution in [2.45, 2.75) is 0 Å². The Morgan fingerprint density at radius 2 is 0.500 bits per heavy atom. The zero-order valence-corrected chi connectivity index (χ0v) is 23.8. The van der Waals surface area contributed by atoms with E-state index in [1.165, 1.54) is 65.3 Å². The van der Waals surface area contributed by atoms with Gasteiger partial charge in [-0.15, -0.1) is 0 Å². The van der Waals surface area contributed by atoms with Crippen LogP contribution in [0.25, 0.3) is 76.5 Å². The summed E-state index contributed by atoms with van der Waals surface area (Å²) in [5.41, 5.74) is 8.26. The van der Waals surface area contributed by atoms with Crippen LogP contribution in [0.5, 0.6) is 0 Å². The number of rotatable bonds is 3. The van der Waals surface area contributed by atoms with Gasteiger partial charge in [-0.05, 0) is 101 Å². The second-order valence-electron chi connectivity index (χ2n) is 11.1. The molecule has 0 aliphatic heterocycles. The molecule has 0 aliphatic rings. The minimum absolute atomic E-state index is 0.652. The van der Waals surface area contributed by atoms with Crippen LogP contribution < -0.4 is 0 Å². The van der Waals surface area contributed by atoms with Crippen LogP contribution in [0, 0.1) is 22.7 Å². The summed E-state index contributed by atoms with van der Waals surface area (Å²) in [6.07, 6.45) is 0. The Hall–Kier alpha value is -6.22. The van der Waals surface area contributed by atoms with Gasteiger partial charge in [-0.2, -0.15) is 10.5 Å². The van der Waals surface area contributed by atoms with Crippen molar-refractivity contribution in [1.82, 2.24) is 0 Å². The molecule has 0 aromatic heterocycles. The third-order valence-electron chi connectivity index (χ3n) is 8.72. The maximum atomic E-state index is 9.43. The summed E-state index contributed by atoms with van der Waals surface area (Å²) in [6.45, 7) is 0. The summed E-state index contributed by atoms with van der Waals surface area (Å²) >= 11 is 0. The Labute approximate surface area is 255 Å². The zero-order chi connectivity index (χ0) is 29.6. The fourth-order valence-electron chi connectivity index (χ4n) is 6.84. The molecule has 0 heterocycles. The maximum Gasteiger partial charge on any atom is 0.0991 e. The highest BCUT2D eigenvalue weighted by Gasteiger charge is 2.22. The highest BCUT2D eigenvalue weighted by Crippen LogP contribution is 2.49. The van der Waals surface area contributed by atoms with Gasteiger partial charge in [0, 0.05) is 0 Å². The molecule has 0 N–H and O–H groups in total. The van der Waals surface area contributed by atoms with Gasteiger partial charge in [-0.3, -0.25) is 0 Å². The van der Waals surface area contributed by atoms with E-state index in [1.54, 1.807) is 0 Å². The van der Waals surface area contributed by atoms with Gasteiger partial charge in [0.25, 0.3) is 0 Å². The molecule has 8 aromatic carbocycles. The van der Waals surface area contributed by atoms with Crippen LogP contribution in [0.15, 0.2) is 146 Å². The molecule has 0 spiro atoms. The number of nitriles is 2. The smallest absolute Gasteiger partial charge is 0.0991 e. The van der Waals surface area contributed by atoms with Gasteiger partial charge >= 0.3 is 0 Å². The first-order chi connectivity index (χ1) is 21.8. The lowest BCUT2D eigenvalue weighted by molar-refractivity contribution is 1.48. The van der Waals surface area contributed by atoms with Gasteiger partial charge in [-0.25, -0.2) is 0 Å². The Bertz CT molecular complexity index is 2200. The highest BCUT2D eigenvalue weighted by molar-refractivity contribution is 6.29. The molecule has 0 fully saturated rings. The fourth-order valence-corrected chi connectivity index (χ4v) is 6.84. The van der Waals surface area contributed by atoms with Gasteiger partial charge in [0.1, 0.15) is 0 Å². The summed E-state index contributed by atoms with van der Waals surface area (Å²) in [6, 6.07) is 55.1. The molecule has 0 amide bonds.